The predicted molar refractivity (Wildman–Crippen MR) is 199 cm³/mol. The molecule has 3 heterocycles. The van der Waals surface area contributed by atoms with Crippen LogP contribution in [-0.4, -0.2) is 19.9 Å². The van der Waals surface area contributed by atoms with Crippen LogP contribution in [0.5, 0.6) is 0 Å². The quantitative estimate of drug-likeness (QED) is 0.182. The molecule has 5 heteroatoms. The molecule has 0 spiro atoms. The third-order valence-corrected chi connectivity index (χ3v) is 9.35. The highest BCUT2D eigenvalue weighted by molar-refractivity contribution is 6.18. The fourth-order valence-corrected chi connectivity index (χ4v) is 7.04. The van der Waals surface area contributed by atoms with E-state index in [2.05, 4.69) is 83.8 Å². The summed E-state index contributed by atoms with van der Waals surface area (Å²) < 4.78 is 6.72. The van der Waals surface area contributed by atoms with Crippen LogP contribution < -0.4 is 0 Å². The number of hydrogen-bond acceptors (Lipinski definition) is 5. The van der Waals surface area contributed by atoms with Crippen molar-refractivity contribution in [1.82, 2.24) is 19.9 Å². The van der Waals surface area contributed by atoms with Crippen LogP contribution in [0, 0.1) is 0 Å². The van der Waals surface area contributed by atoms with Crippen LogP contribution >= 0.6 is 0 Å². The number of aromatic nitrogens is 4. The Balaban J connectivity index is 1.33. The SMILES string of the molecule is c1ccc(-c2nc(-c3ccccc3)nc(-c3cc(-c4cc5ccccc5c5ccccc45)cc4oc5cc6ccncc6cc5c34)n2)cc1. The van der Waals surface area contributed by atoms with E-state index in [4.69, 9.17) is 19.4 Å². The molecule has 3 aromatic heterocycles. The molecule has 0 saturated carbocycles. The highest BCUT2D eigenvalue weighted by Gasteiger charge is 2.21. The van der Waals surface area contributed by atoms with Gasteiger partial charge in [0.15, 0.2) is 17.5 Å². The molecule has 49 heavy (non-hydrogen) atoms. The molecule has 5 nitrogen and oxygen atoms in total. The van der Waals surface area contributed by atoms with Crippen molar-refractivity contribution < 1.29 is 4.42 Å². The maximum absolute atomic E-state index is 6.72. The average Bonchev–Trinajstić information content (AvgIpc) is 3.54. The lowest BCUT2D eigenvalue weighted by atomic mass is 9.91. The molecule has 228 valence electrons. The van der Waals surface area contributed by atoms with Gasteiger partial charge in [-0.1, -0.05) is 109 Å². The number of fused-ring (bicyclic) bond motifs is 7. The maximum atomic E-state index is 6.72. The Morgan fingerprint density at radius 2 is 1.04 bits per heavy atom. The van der Waals surface area contributed by atoms with E-state index in [9.17, 15) is 0 Å². The highest BCUT2D eigenvalue weighted by Crippen LogP contribution is 2.43. The normalized spacial score (nSPS) is 11.7. The molecule has 0 atom stereocenters. The minimum atomic E-state index is 0.582. The zero-order valence-corrected chi connectivity index (χ0v) is 26.2. The van der Waals surface area contributed by atoms with Crippen LogP contribution in [0.1, 0.15) is 0 Å². The van der Waals surface area contributed by atoms with Crippen molar-refractivity contribution in [3.05, 3.63) is 158 Å². The van der Waals surface area contributed by atoms with E-state index < -0.39 is 0 Å². The molecule has 0 amide bonds. The standard InChI is InChI=1S/C44H26N4O/c1-3-11-27(12-4-1)42-46-43(28-13-5-2-6-14-28)48-44(47-42)38-22-31(36-21-30-15-7-8-16-33(30)34-17-9-10-18-35(34)36)25-40-41(38)37-23-32-26-45-20-19-29(32)24-39(37)49-40/h1-26H. The van der Waals surface area contributed by atoms with Gasteiger partial charge >= 0.3 is 0 Å². The number of hydrogen-bond donors (Lipinski definition) is 0. The first-order valence-corrected chi connectivity index (χ1v) is 16.3. The molecule has 0 unspecified atom stereocenters. The molecule has 10 rings (SSSR count). The van der Waals surface area contributed by atoms with Gasteiger partial charge in [0.05, 0.1) is 0 Å². The Bertz CT molecular complexity index is 2820. The van der Waals surface area contributed by atoms with E-state index in [-0.39, 0.29) is 0 Å². The second-order valence-electron chi connectivity index (χ2n) is 12.3. The Morgan fingerprint density at radius 1 is 0.388 bits per heavy atom. The number of rotatable bonds is 4. The van der Waals surface area contributed by atoms with Crippen LogP contribution in [0.15, 0.2) is 162 Å². The summed E-state index contributed by atoms with van der Waals surface area (Å²) in [5, 5.41) is 8.84. The number of benzene rings is 7. The van der Waals surface area contributed by atoms with Gasteiger partial charge in [-0.05, 0) is 74.5 Å². The molecule has 0 saturated heterocycles. The lowest BCUT2D eigenvalue weighted by molar-refractivity contribution is 0.669. The van der Waals surface area contributed by atoms with Gasteiger partial charge in [-0.3, -0.25) is 4.98 Å². The minimum Gasteiger partial charge on any atom is -0.456 e. The summed E-state index contributed by atoms with van der Waals surface area (Å²) in [6, 6.07) is 50.3. The van der Waals surface area contributed by atoms with Crippen LogP contribution in [-0.2, 0) is 0 Å². The van der Waals surface area contributed by atoms with Crippen molar-refractivity contribution >= 4 is 54.3 Å². The molecule has 0 N–H and O–H groups in total. The molecule has 0 aliphatic rings. The Hall–Kier alpha value is -6.72. The first-order valence-electron chi connectivity index (χ1n) is 16.3. The molecular formula is C44H26N4O. The van der Waals surface area contributed by atoms with Gasteiger partial charge < -0.3 is 4.42 Å². The minimum absolute atomic E-state index is 0.582. The summed E-state index contributed by atoms with van der Waals surface area (Å²) >= 11 is 0. The van der Waals surface area contributed by atoms with Gasteiger partial charge in [0, 0.05) is 45.2 Å². The number of nitrogens with zero attached hydrogens (tertiary/aromatic N) is 4. The van der Waals surface area contributed by atoms with E-state index in [1.165, 1.54) is 21.5 Å². The van der Waals surface area contributed by atoms with Crippen molar-refractivity contribution in [3.63, 3.8) is 0 Å². The van der Waals surface area contributed by atoms with E-state index in [1.807, 2.05) is 79.1 Å². The zero-order chi connectivity index (χ0) is 32.3. The molecule has 10 aromatic rings. The highest BCUT2D eigenvalue weighted by atomic mass is 16.3. The molecule has 0 aliphatic carbocycles. The van der Waals surface area contributed by atoms with Crippen molar-refractivity contribution in [2.45, 2.75) is 0 Å². The van der Waals surface area contributed by atoms with Gasteiger partial charge in [0.25, 0.3) is 0 Å². The number of pyridine rings is 1. The summed E-state index contributed by atoms with van der Waals surface area (Å²) in [6.07, 6.45) is 3.71. The van der Waals surface area contributed by atoms with Gasteiger partial charge in [0.2, 0.25) is 0 Å². The zero-order valence-electron chi connectivity index (χ0n) is 26.2. The van der Waals surface area contributed by atoms with Crippen LogP contribution in [0.2, 0.25) is 0 Å². The van der Waals surface area contributed by atoms with Crippen LogP contribution in [0.4, 0.5) is 0 Å². The van der Waals surface area contributed by atoms with Crippen molar-refractivity contribution in [2.24, 2.45) is 0 Å². The summed E-state index contributed by atoms with van der Waals surface area (Å²) in [4.78, 5) is 19.7. The van der Waals surface area contributed by atoms with Crippen LogP contribution in [0.3, 0.4) is 0 Å². The summed E-state index contributed by atoms with van der Waals surface area (Å²) in [5.41, 5.74) is 6.44. The van der Waals surface area contributed by atoms with Gasteiger partial charge in [-0.2, -0.15) is 0 Å². The second kappa shape index (κ2) is 10.9. The largest absolute Gasteiger partial charge is 0.456 e. The van der Waals surface area contributed by atoms with Gasteiger partial charge in [-0.25, -0.2) is 15.0 Å². The summed E-state index contributed by atoms with van der Waals surface area (Å²) in [7, 11) is 0. The van der Waals surface area contributed by atoms with Crippen molar-refractivity contribution in [3.8, 4) is 45.3 Å². The average molecular weight is 627 g/mol. The van der Waals surface area contributed by atoms with Crippen molar-refractivity contribution in [2.75, 3.05) is 0 Å². The first kappa shape index (κ1) is 27.4. The van der Waals surface area contributed by atoms with E-state index in [1.54, 1.807) is 0 Å². The molecule has 0 radical (unpaired) electrons. The smallest absolute Gasteiger partial charge is 0.164 e. The second-order valence-corrected chi connectivity index (χ2v) is 12.3. The lowest BCUT2D eigenvalue weighted by Gasteiger charge is -2.14. The molecule has 0 bridgehead atoms. The molecule has 0 fully saturated rings. The van der Waals surface area contributed by atoms with E-state index >= 15 is 0 Å². The lowest BCUT2D eigenvalue weighted by Crippen LogP contribution is -2.00. The van der Waals surface area contributed by atoms with E-state index in [0.717, 1.165) is 60.5 Å². The Morgan fingerprint density at radius 3 is 1.80 bits per heavy atom. The van der Waals surface area contributed by atoms with Crippen molar-refractivity contribution in [1.29, 1.82) is 0 Å². The predicted octanol–water partition coefficient (Wildman–Crippen LogP) is 11.3. The molecule has 0 aliphatic heterocycles. The summed E-state index contributed by atoms with van der Waals surface area (Å²) in [5.74, 6) is 1.81. The molecular weight excluding hydrogens is 601 g/mol. The first-order chi connectivity index (χ1) is 24.3. The fraction of sp³-hybridized carbons (Fsp3) is 0. The third kappa shape index (κ3) is 4.55. The Labute approximate surface area is 281 Å². The third-order valence-electron chi connectivity index (χ3n) is 9.35. The maximum Gasteiger partial charge on any atom is 0.164 e. The summed E-state index contributed by atoms with van der Waals surface area (Å²) in [6.45, 7) is 0. The number of furan rings is 1. The topological polar surface area (TPSA) is 64.7 Å². The monoisotopic (exact) mass is 626 g/mol. The van der Waals surface area contributed by atoms with Gasteiger partial charge in [0.1, 0.15) is 11.2 Å². The molecule has 7 aromatic carbocycles. The Kier molecular flexibility index (Phi) is 6.11. The fourth-order valence-electron chi connectivity index (χ4n) is 7.04. The van der Waals surface area contributed by atoms with E-state index in [0.29, 0.717) is 17.5 Å². The van der Waals surface area contributed by atoms with Gasteiger partial charge in [-0.15, -0.1) is 0 Å². The van der Waals surface area contributed by atoms with Crippen LogP contribution in [0.25, 0.3) is 99.5 Å².